The highest BCUT2D eigenvalue weighted by atomic mass is 16.4. The van der Waals surface area contributed by atoms with Crippen LogP contribution >= 0.6 is 0 Å². The summed E-state index contributed by atoms with van der Waals surface area (Å²) >= 11 is 0. The Morgan fingerprint density at radius 3 is 2.45 bits per heavy atom. The van der Waals surface area contributed by atoms with Gasteiger partial charge in [0.1, 0.15) is 0 Å². The maximum absolute atomic E-state index is 10.5. The van der Waals surface area contributed by atoms with Crippen LogP contribution in [0.2, 0.25) is 0 Å². The highest BCUT2D eigenvalue weighted by molar-refractivity contribution is 5.77. The van der Waals surface area contributed by atoms with Gasteiger partial charge in [-0.1, -0.05) is 6.92 Å². The van der Waals surface area contributed by atoms with Gasteiger partial charge in [0.05, 0.1) is 6.54 Å². The van der Waals surface area contributed by atoms with Crippen molar-refractivity contribution in [1.29, 1.82) is 0 Å². The van der Waals surface area contributed by atoms with E-state index in [1.807, 2.05) is 0 Å². The summed E-state index contributed by atoms with van der Waals surface area (Å²) in [6, 6.07) is 0. The van der Waals surface area contributed by atoms with Gasteiger partial charge in [-0.05, 0) is 0 Å². The van der Waals surface area contributed by atoms with E-state index in [2.05, 4.69) is 5.32 Å². The number of nitrogens with one attached hydrogen (secondary N) is 1. The second-order valence-electron chi connectivity index (χ2n) is 2.01. The zero-order chi connectivity index (χ0) is 8.85. The van der Waals surface area contributed by atoms with Crippen molar-refractivity contribution in [2.75, 3.05) is 6.54 Å². The molecular formula is C6H11NO4. The molecule has 0 rings (SSSR count). The molecular weight excluding hydrogens is 150 g/mol. The van der Waals surface area contributed by atoms with Gasteiger partial charge in [-0.2, -0.15) is 0 Å². The van der Waals surface area contributed by atoms with Crippen molar-refractivity contribution in [3.05, 3.63) is 0 Å². The molecule has 1 atom stereocenters. The molecule has 0 aromatic heterocycles. The Kier molecular flexibility index (Phi) is 4.21. The fourth-order valence-corrected chi connectivity index (χ4v) is 0.423. The van der Waals surface area contributed by atoms with E-state index in [4.69, 9.17) is 10.2 Å². The van der Waals surface area contributed by atoms with Crippen molar-refractivity contribution in [2.24, 2.45) is 0 Å². The van der Waals surface area contributed by atoms with Gasteiger partial charge in [0.25, 0.3) is 0 Å². The summed E-state index contributed by atoms with van der Waals surface area (Å²) in [5.74, 6) is -1.60. The number of hydrogen-bond donors (Lipinski definition) is 3. The van der Waals surface area contributed by atoms with E-state index < -0.39 is 12.1 Å². The highest BCUT2D eigenvalue weighted by Crippen LogP contribution is 1.81. The van der Waals surface area contributed by atoms with E-state index >= 15 is 0 Å². The number of hydrogen-bond acceptors (Lipinski definition) is 3. The van der Waals surface area contributed by atoms with Crippen LogP contribution < -0.4 is 5.32 Å². The average molecular weight is 161 g/mol. The quantitative estimate of drug-likeness (QED) is 0.491. The molecule has 11 heavy (non-hydrogen) atoms. The number of rotatable bonds is 4. The van der Waals surface area contributed by atoms with Gasteiger partial charge in [-0.15, -0.1) is 0 Å². The first kappa shape index (κ1) is 9.90. The van der Waals surface area contributed by atoms with Crippen molar-refractivity contribution in [1.82, 2.24) is 5.32 Å². The number of aliphatic carboxylic acids is 1. The third-order valence-corrected chi connectivity index (χ3v) is 1.10. The fourth-order valence-electron chi connectivity index (χ4n) is 0.423. The molecule has 0 fully saturated rings. The Labute approximate surface area is 64.0 Å². The number of amides is 1. The Balaban J connectivity index is 3.54. The minimum Gasteiger partial charge on any atom is -0.479 e. The molecule has 0 heterocycles. The molecule has 0 unspecified atom stereocenters. The number of aliphatic hydroxyl groups excluding tert-OH is 1. The summed E-state index contributed by atoms with van der Waals surface area (Å²) in [6.07, 6.45) is -1.22. The molecule has 3 N–H and O–H groups in total. The lowest BCUT2D eigenvalue weighted by Crippen LogP contribution is -2.36. The minimum absolute atomic E-state index is 0.234. The van der Waals surface area contributed by atoms with Gasteiger partial charge in [0.2, 0.25) is 5.91 Å². The summed E-state index contributed by atoms with van der Waals surface area (Å²) in [5.41, 5.74) is 0. The number of carbonyl (C=O) groups excluding carboxylic acids is 1. The fraction of sp³-hybridized carbons (Fsp3) is 0.667. The standard InChI is InChI=1S/C6H11NO4/c1-2-5(9)7-3-4(8)6(10)11/h4,8H,2-3H2,1H3,(H,7,9)(H,10,11)/t4-/m0/s1. The first-order chi connectivity index (χ1) is 5.07. The average Bonchev–Trinajstić information content (AvgIpc) is 1.99. The van der Waals surface area contributed by atoms with Crippen molar-refractivity contribution in [3.8, 4) is 0 Å². The number of aliphatic hydroxyl groups is 1. The molecule has 64 valence electrons. The van der Waals surface area contributed by atoms with Gasteiger partial charge in [-0.3, -0.25) is 4.79 Å². The van der Waals surface area contributed by atoms with Gasteiger partial charge in [0, 0.05) is 6.42 Å². The van der Waals surface area contributed by atoms with E-state index in [9.17, 15) is 9.59 Å². The van der Waals surface area contributed by atoms with Crippen molar-refractivity contribution < 1.29 is 19.8 Å². The second kappa shape index (κ2) is 4.68. The second-order valence-corrected chi connectivity index (χ2v) is 2.01. The summed E-state index contributed by atoms with van der Waals surface area (Å²) < 4.78 is 0. The molecule has 5 heteroatoms. The van der Waals surface area contributed by atoms with E-state index in [-0.39, 0.29) is 18.9 Å². The minimum atomic E-state index is -1.51. The molecule has 1 amide bonds. The molecule has 0 aliphatic carbocycles. The van der Waals surface area contributed by atoms with Crippen LogP contribution in [0.15, 0.2) is 0 Å². The normalized spacial score (nSPS) is 12.2. The maximum atomic E-state index is 10.5. The molecule has 5 nitrogen and oxygen atoms in total. The summed E-state index contributed by atoms with van der Waals surface area (Å²) in [4.78, 5) is 20.5. The Hall–Kier alpha value is -1.10. The van der Waals surface area contributed by atoms with Gasteiger partial charge in [0.15, 0.2) is 6.10 Å². The van der Waals surface area contributed by atoms with Gasteiger partial charge in [-0.25, -0.2) is 4.79 Å². The lowest BCUT2D eigenvalue weighted by Gasteiger charge is -2.05. The molecule has 0 saturated carbocycles. The molecule has 0 saturated heterocycles. The number of carboxylic acids is 1. The van der Waals surface area contributed by atoms with Crippen LogP contribution in [-0.4, -0.2) is 34.7 Å². The Morgan fingerprint density at radius 2 is 2.09 bits per heavy atom. The largest absolute Gasteiger partial charge is 0.479 e. The van der Waals surface area contributed by atoms with E-state index in [0.717, 1.165) is 0 Å². The van der Waals surface area contributed by atoms with E-state index in [1.165, 1.54) is 0 Å². The van der Waals surface area contributed by atoms with Crippen molar-refractivity contribution >= 4 is 11.9 Å². The monoisotopic (exact) mass is 161 g/mol. The summed E-state index contributed by atoms with van der Waals surface area (Å²) in [7, 11) is 0. The van der Waals surface area contributed by atoms with Crippen LogP contribution in [0.5, 0.6) is 0 Å². The van der Waals surface area contributed by atoms with Gasteiger partial charge < -0.3 is 15.5 Å². The first-order valence-corrected chi connectivity index (χ1v) is 3.25. The molecule has 0 radical (unpaired) electrons. The summed E-state index contributed by atoms with van der Waals surface area (Å²) in [5, 5.41) is 19.1. The molecule has 0 aliphatic rings. The Morgan fingerprint density at radius 1 is 1.55 bits per heavy atom. The van der Waals surface area contributed by atoms with Crippen LogP contribution in [0.25, 0.3) is 0 Å². The van der Waals surface area contributed by atoms with Crippen LogP contribution in [0, 0.1) is 0 Å². The van der Waals surface area contributed by atoms with Crippen LogP contribution in [-0.2, 0) is 9.59 Å². The van der Waals surface area contributed by atoms with Crippen molar-refractivity contribution in [2.45, 2.75) is 19.4 Å². The predicted octanol–water partition coefficient (Wildman–Crippen LogP) is -1.04. The zero-order valence-electron chi connectivity index (χ0n) is 6.20. The lowest BCUT2D eigenvalue weighted by atomic mass is 10.3. The number of carboxylic acid groups (broad SMARTS) is 1. The van der Waals surface area contributed by atoms with E-state index in [0.29, 0.717) is 0 Å². The maximum Gasteiger partial charge on any atom is 0.334 e. The molecule has 0 aromatic rings. The van der Waals surface area contributed by atoms with E-state index in [1.54, 1.807) is 6.92 Å². The smallest absolute Gasteiger partial charge is 0.334 e. The first-order valence-electron chi connectivity index (χ1n) is 3.25. The third kappa shape index (κ3) is 4.32. The van der Waals surface area contributed by atoms with Gasteiger partial charge >= 0.3 is 5.97 Å². The predicted molar refractivity (Wildman–Crippen MR) is 36.9 cm³/mol. The highest BCUT2D eigenvalue weighted by Gasteiger charge is 2.12. The lowest BCUT2D eigenvalue weighted by molar-refractivity contribution is -0.146. The molecule has 0 spiro atoms. The molecule has 0 aliphatic heterocycles. The molecule has 0 bridgehead atoms. The third-order valence-electron chi connectivity index (χ3n) is 1.10. The van der Waals surface area contributed by atoms with Crippen LogP contribution in [0.4, 0.5) is 0 Å². The zero-order valence-corrected chi connectivity index (χ0v) is 6.20. The molecule has 0 aromatic carbocycles. The van der Waals surface area contributed by atoms with Crippen LogP contribution in [0.1, 0.15) is 13.3 Å². The topological polar surface area (TPSA) is 86.6 Å². The number of carbonyl (C=O) groups is 2. The van der Waals surface area contributed by atoms with Crippen LogP contribution in [0.3, 0.4) is 0 Å². The Bertz CT molecular complexity index is 157. The SMILES string of the molecule is CCC(=O)NC[C@H](O)C(=O)O. The van der Waals surface area contributed by atoms with Crippen molar-refractivity contribution in [3.63, 3.8) is 0 Å². The summed E-state index contributed by atoms with van der Waals surface area (Å²) in [6.45, 7) is 1.41.